The maximum Gasteiger partial charge on any atom is 0.146 e. The number of methoxy groups -OCH3 is 2. The number of aliphatic hydroxyl groups excluding tert-OH is 1. The van der Waals surface area contributed by atoms with Crippen molar-refractivity contribution in [2.75, 3.05) is 47.6 Å². The standard InChI is InChI=1S/C8H14O3.C6H10O2/c1-10-8-11-7-5-3-2-4-6-9;1-3-4-5-8-6-7-2/h9H,4-8H2,1H3;1H,4-6H2,2H3. The molecule has 0 spiro atoms. The molecule has 0 aromatic rings. The summed E-state index contributed by atoms with van der Waals surface area (Å²) < 4.78 is 19.1. The third kappa shape index (κ3) is 26.5. The summed E-state index contributed by atoms with van der Waals surface area (Å²) in [5, 5.41) is 8.35. The van der Waals surface area contributed by atoms with Gasteiger partial charge in [0.1, 0.15) is 13.6 Å². The van der Waals surface area contributed by atoms with Gasteiger partial charge in [-0.15, -0.1) is 24.2 Å². The van der Waals surface area contributed by atoms with Gasteiger partial charge in [-0.2, -0.15) is 0 Å². The lowest BCUT2D eigenvalue weighted by Crippen LogP contribution is -1.96. The molecule has 0 fully saturated rings. The molecule has 0 amide bonds. The molecule has 0 aliphatic rings. The first-order valence-electron chi connectivity index (χ1n) is 5.96. The van der Waals surface area contributed by atoms with Crippen molar-refractivity contribution in [3.05, 3.63) is 0 Å². The van der Waals surface area contributed by atoms with Crippen LogP contribution in [0.5, 0.6) is 0 Å². The Balaban J connectivity index is 0. The van der Waals surface area contributed by atoms with E-state index in [1.165, 1.54) is 0 Å². The summed E-state index contributed by atoms with van der Waals surface area (Å²) in [6.45, 7) is 1.96. The largest absolute Gasteiger partial charge is 0.395 e. The molecule has 0 aliphatic carbocycles. The minimum Gasteiger partial charge on any atom is -0.395 e. The molecule has 0 heterocycles. The van der Waals surface area contributed by atoms with Gasteiger partial charge in [0.05, 0.1) is 19.8 Å². The zero-order valence-corrected chi connectivity index (χ0v) is 11.8. The van der Waals surface area contributed by atoms with Crippen LogP contribution in [0, 0.1) is 24.2 Å². The van der Waals surface area contributed by atoms with Crippen molar-refractivity contribution in [2.45, 2.75) is 19.3 Å². The Labute approximate surface area is 116 Å². The van der Waals surface area contributed by atoms with Gasteiger partial charge in [0.2, 0.25) is 0 Å². The Kier molecular flexibility index (Phi) is 23.6. The molecule has 0 saturated heterocycles. The average Bonchev–Trinajstić information content (AvgIpc) is 2.44. The molecule has 0 radical (unpaired) electrons. The molecule has 0 aliphatic heterocycles. The first-order chi connectivity index (χ1) is 9.33. The Morgan fingerprint density at radius 2 is 1.42 bits per heavy atom. The first kappa shape index (κ1) is 20.2. The minimum atomic E-state index is 0.131. The molecular formula is C14H24O5. The monoisotopic (exact) mass is 272 g/mol. The van der Waals surface area contributed by atoms with Gasteiger partial charge in [-0.25, -0.2) is 0 Å². The Morgan fingerprint density at radius 3 is 1.89 bits per heavy atom. The van der Waals surface area contributed by atoms with E-state index in [9.17, 15) is 0 Å². The van der Waals surface area contributed by atoms with Crippen LogP contribution in [-0.2, 0) is 18.9 Å². The zero-order chi connectivity index (χ0) is 14.6. The van der Waals surface area contributed by atoms with Crippen LogP contribution in [0.4, 0.5) is 0 Å². The number of ether oxygens (including phenoxy) is 4. The van der Waals surface area contributed by atoms with Gasteiger partial charge in [0, 0.05) is 33.5 Å². The van der Waals surface area contributed by atoms with E-state index in [1.807, 2.05) is 0 Å². The predicted molar refractivity (Wildman–Crippen MR) is 73.2 cm³/mol. The second-order valence-corrected chi connectivity index (χ2v) is 3.16. The number of terminal acetylenes is 1. The normalized spacial score (nSPS) is 8.74. The minimum absolute atomic E-state index is 0.131. The lowest BCUT2D eigenvalue weighted by atomic mass is 10.4. The van der Waals surface area contributed by atoms with Crippen LogP contribution in [0.25, 0.3) is 0 Å². The summed E-state index contributed by atoms with van der Waals surface area (Å²) in [4.78, 5) is 0. The van der Waals surface area contributed by atoms with Gasteiger partial charge in [0.25, 0.3) is 0 Å². The lowest BCUT2D eigenvalue weighted by molar-refractivity contribution is -0.0282. The van der Waals surface area contributed by atoms with Crippen molar-refractivity contribution in [3.63, 3.8) is 0 Å². The van der Waals surface area contributed by atoms with E-state index < -0.39 is 0 Å². The Bertz CT molecular complexity index is 249. The molecule has 0 bridgehead atoms. The number of hydrogen-bond acceptors (Lipinski definition) is 5. The molecule has 1 N–H and O–H groups in total. The van der Waals surface area contributed by atoms with Crippen molar-refractivity contribution in [1.29, 1.82) is 0 Å². The number of hydrogen-bond donors (Lipinski definition) is 1. The van der Waals surface area contributed by atoms with E-state index in [0.717, 1.165) is 0 Å². The molecule has 0 saturated carbocycles. The van der Waals surface area contributed by atoms with E-state index in [4.69, 9.17) is 21.0 Å². The fourth-order valence-corrected chi connectivity index (χ4v) is 0.771. The topological polar surface area (TPSA) is 57.2 Å². The molecule has 0 aromatic carbocycles. The summed E-state index contributed by atoms with van der Waals surface area (Å²) in [5.41, 5.74) is 0. The van der Waals surface area contributed by atoms with Gasteiger partial charge in [-0.05, 0) is 0 Å². The molecule has 5 heteroatoms. The molecule has 5 nitrogen and oxygen atoms in total. The smallest absolute Gasteiger partial charge is 0.146 e. The summed E-state index contributed by atoms with van der Waals surface area (Å²) in [6, 6.07) is 0. The third-order valence-electron chi connectivity index (χ3n) is 1.53. The van der Waals surface area contributed by atoms with Crippen LogP contribution in [0.3, 0.4) is 0 Å². The van der Waals surface area contributed by atoms with E-state index in [0.29, 0.717) is 46.1 Å². The SMILES string of the molecule is C#CCCOCOC.COCOCCC#CCCO. The highest BCUT2D eigenvalue weighted by Gasteiger charge is 1.81. The van der Waals surface area contributed by atoms with Crippen molar-refractivity contribution < 1.29 is 24.1 Å². The van der Waals surface area contributed by atoms with Gasteiger partial charge in [-0.1, -0.05) is 0 Å². The van der Waals surface area contributed by atoms with E-state index in [2.05, 4.69) is 27.2 Å². The molecule has 0 unspecified atom stereocenters. The van der Waals surface area contributed by atoms with Gasteiger partial charge >= 0.3 is 0 Å². The number of rotatable bonds is 9. The summed E-state index contributed by atoms with van der Waals surface area (Å²) in [5.74, 6) is 8.09. The highest BCUT2D eigenvalue weighted by molar-refractivity contribution is 4.98. The quantitative estimate of drug-likeness (QED) is 0.386. The Morgan fingerprint density at radius 1 is 0.895 bits per heavy atom. The summed E-state index contributed by atoms with van der Waals surface area (Å²) >= 11 is 0. The van der Waals surface area contributed by atoms with Gasteiger partial charge in [-0.3, -0.25) is 0 Å². The molecular weight excluding hydrogens is 248 g/mol. The van der Waals surface area contributed by atoms with E-state index in [-0.39, 0.29) is 6.61 Å². The van der Waals surface area contributed by atoms with Crippen LogP contribution in [0.15, 0.2) is 0 Å². The molecule has 0 rings (SSSR count). The molecule has 0 aromatic heterocycles. The second-order valence-electron chi connectivity index (χ2n) is 3.16. The Hall–Kier alpha value is -1.08. The number of aliphatic hydroxyl groups is 1. The zero-order valence-electron chi connectivity index (χ0n) is 11.8. The third-order valence-corrected chi connectivity index (χ3v) is 1.53. The van der Waals surface area contributed by atoms with Crippen LogP contribution < -0.4 is 0 Å². The van der Waals surface area contributed by atoms with Gasteiger partial charge in [0.15, 0.2) is 0 Å². The highest BCUT2D eigenvalue weighted by Crippen LogP contribution is 1.81. The van der Waals surface area contributed by atoms with Crippen molar-refractivity contribution in [1.82, 2.24) is 0 Å². The first-order valence-corrected chi connectivity index (χ1v) is 5.96. The summed E-state index contributed by atoms with van der Waals surface area (Å²) in [7, 11) is 3.16. The lowest BCUT2D eigenvalue weighted by Gasteiger charge is -1.96. The van der Waals surface area contributed by atoms with Crippen LogP contribution in [-0.4, -0.2) is 52.7 Å². The van der Waals surface area contributed by atoms with E-state index >= 15 is 0 Å². The van der Waals surface area contributed by atoms with Crippen molar-refractivity contribution >= 4 is 0 Å². The van der Waals surface area contributed by atoms with E-state index in [1.54, 1.807) is 14.2 Å². The highest BCUT2D eigenvalue weighted by atomic mass is 16.7. The van der Waals surface area contributed by atoms with Crippen LogP contribution in [0.1, 0.15) is 19.3 Å². The summed E-state index contributed by atoms with van der Waals surface area (Å²) in [6.07, 6.45) is 6.84. The molecule has 110 valence electrons. The fraction of sp³-hybridized carbons (Fsp3) is 0.714. The fourth-order valence-electron chi connectivity index (χ4n) is 0.771. The second kappa shape index (κ2) is 22.1. The van der Waals surface area contributed by atoms with Crippen molar-refractivity contribution in [3.8, 4) is 24.2 Å². The molecule has 0 atom stereocenters. The predicted octanol–water partition coefficient (Wildman–Crippen LogP) is 1.01. The molecule has 19 heavy (non-hydrogen) atoms. The van der Waals surface area contributed by atoms with Crippen LogP contribution >= 0.6 is 0 Å². The maximum absolute atomic E-state index is 8.35. The van der Waals surface area contributed by atoms with Gasteiger partial charge < -0.3 is 24.1 Å². The average molecular weight is 272 g/mol. The van der Waals surface area contributed by atoms with Crippen LogP contribution in [0.2, 0.25) is 0 Å². The van der Waals surface area contributed by atoms with Crippen molar-refractivity contribution in [2.24, 2.45) is 0 Å². The maximum atomic E-state index is 8.35.